The lowest BCUT2D eigenvalue weighted by Crippen LogP contribution is -2.21. The zero-order chi connectivity index (χ0) is 14.8. The highest BCUT2D eigenvalue weighted by Crippen LogP contribution is 2.38. The number of benzene rings is 1. The van der Waals surface area contributed by atoms with Crippen LogP contribution in [0.15, 0.2) is 35.7 Å². The number of nitrogens with one attached hydrogen (secondary N) is 1. The number of fused-ring (bicyclic) bond motifs is 1. The average molecular weight is 321 g/mol. The van der Waals surface area contributed by atoms with Gasteiger partial charge in [0.15, 0.2) is 0 Å². The molecule has 1 unspecified atom stereocenters. The van der Waals surface area contributed by atoms with Crippen molar-refractivity contribution in [1.29, 1.82) is 0 Å². The van der Waals surface area contributed by atoms with Gasteiger partial charge in [0.05, 0.1) is 13.2 Å². The van der Waals surface area contributed by atoms with Crippen molar-refractivity contribution in [3.63, 3.8) is 0 Å². The molecule has 0 bridgehead atoms. The lowest BCUT2D eigenvalue weighted by Gasteiger charge is -2.19. The lowest BCUT2D eigenvalue weighted by atomic mass is 10.0. The van der Waals surface area contributed by atoms with Crippen LogP contribution < -0.4 is 10.1 Å². The van der Waals surface area contributed by atoms with E-state index in [4.69, 9.17) is 4.74 Å². The largest absolute Gasteiger partial charge is 0.496 e. The molecule has 0 amide bonds. The van der Waals surface area contributed by atoms with E-state index in [-0.39, 0.29) is 11.9 Å². The van der Waals surface area contributed by atoms with E-state index in [1.807, 2.05) is 0 Å². The van der Waals surface area contributed by atoms with E-state index >= 15 is 0 Å². The van der Waals surface area contributed by atoms with Gasteiger partial charge >= 0.3 is 0 Å². The van der Waals surface area contributed by atoms with Crippen molar-refractivity contribution in [2.75, 3.05) is 13.7 Å². The van der Waals surface area contributed by atoms with Crippen LogP contribution in [0.4, 0.5) is 4.39 Å². The Balaban J connectivity index is 2.09. The highest BCUT2D eigenvalue weighted by molar-refractivity contribution is 7.27. The summed E-state index contributed by atoms with van der Waals surface area (Å²) in [6, 6.07) is 8.93. The van der Waals surface area contributed by atoms with E-state index in [0.29, 0.717) is 5.75 Å². The molecule has 21 heavy (non-hydrogen) atoms. The van der Waals surface area contributed by atoms with Gasteiger partial charge in [0.1, 0.15) is 11.6 Å². The van der Waals surface area contributed by atoms with Crippen LogP contribution in [0.5, 0.6) is 5.75 Å². The SMILES string of the molecule is CCNC(c1cc2sccc2s1)c1cc(F)ccc1OC. The fourth-order valence-electron chi connectivity index (χ4n) is 2.43. The zero-order valence-electron chi connectivity index (χ0n) is 11.9. The molecule has 2 heterocycles. The third kappa shape index (κ3) is 2.81. The predicted octanol–water partition coefficient (Wildman–Crippen LogP) is 4.81. The number of methoxy groups -OCH3 is 1. The molecule has 0 saturated heterocycles. The van der Waals surface area contributed by atoms with Gasteiger partial charge in [-0.15, -0.1) is 22.7 Å². The Morgan fingerprint density at radius 1 is 1.24 bits per heavy atom. The summed E-state index contributed by atoms with van der Waals surface area (Å²) < 4.78 is 21.6. The summed E-state index contributed by atoms with van der Waals surface area (Å²) in [6.45, 7) is 2.85. The summed E-state index contributed by atoms with van der Waals surface area (Å²) in [6.07, 6.45) is 0. The summed E-state index contributed by atoms with van der Waals surface area (Å²) >= 11 is 3.47. The number of hydrogen-bond donors (Lipinski definition) is 1. The maximum atomic E-state index is 13.7. The van der Waals surface area contributed by atoms with E-state index in [0.717, 1.165) is 12.1 Å². The van der Waals surface area contributed by atoms with Crippen LogP contribution in [0.2, 0.25) is 0 Å². The first-order valence-electron chi connectivity index (χ1n) is 6.76. The Kier molecular flexibility index (Phi) is 4.24. The Hall–Kier alpha value is -1.43. The summed E-state index contributed by atoms with van der Waals surface area (Å²) in [7, 11) is 1.62. The minimum absolute atomic E-state index is 0.0507. The van der Waals surface area contributed by atoms with Crippen molar-refractivity contribution in [2.45, 2.75) is 13.0 Å². The number of ether oxygens (including phenoxy) is 1. The predicted molar refractivity (Wildman–Crippen MR) is 88.2 cm³/mol. The summed E-state index contributed by atoms with van der Waals surface area (Å²) in [5.41, 5.74) is 0.841. The fourth-order valence-corrected chi connectivity index (χ4v) is 4.64. The molecule has 110 valence electrons. The second-order valence-electron chi connectivity index (χ2n) is 4.67. The highest BCUT2D eigenvalue weighted by atomic mass is 32.1. The van der Waals surface area contributed by atoms with E-state index in [9.17, 15) is 4.39 Å². The second-order valence-corrected chi connectivity index (χ2v) is 6.74. The molecule has 5 heteroatoms. The first-order valence-corrected chi connectivity index (χ1v) is 8.46. The Morgan fingerprint density at radius 3 is 2.81 bits per heavy atom. The molecule has 0 aliphatic carbocycles. The summed E-state index contributed by atoms with van der Waals surface area (Å²) in [5, 5.41) is 5.53. The van der Waals surface area contributed by atoms with Gasteiger partial charge in [-0.25, -0.2) is 4.39 Å². The molecule has 0 aliphatic heterocycles. The van der Waals surface area contributed by atoms with E-state index < -0.39 is 0 Å². The highest BCUT2D eigenvalue weighted by Gasteiger charge is 2.20. The van der Waals surface area contributed by atoms with Gasteiger partial charge in [-0.2, -0.15) is 0 Å². The third-order valence-corrected chi connectivity index (χ3v) is 5.51. The van der Waals surface area contributed by atoms with Gasteiger partial charge < -0.3 is 10.1 Å². The molecular formula is C16H16FNOS2. The molecule has 0 aliphatic rings. The van der Waals surface area contributed by atoms with Crippen LogP contribution in [0.25, 0.3) is 9.40 Å². The molecule has 1 aromatic carbocycles. The van der Waals surface area contributed by atoms with Crippen LogP contribution in [0.3, 0.4) is 0 Å². The van der Waals surface area contributed by atoms with E-state index in [2.05, 4.69) is 29.8 Å². The number of thiophene rings is 2. The van der Waals surface area contributed by atoms with Crippen LogP contribution in [0, 0.1) is 5.82 Å². The molecule has 3 rings (SSSR count). The Morgan fingerprint density at radius 2 is 2.10 bits per heavy atom. The first kappa shape index (κ1) is 14.5. The van der Waals surface area contributed by atoms with Gasteiger partial charge in [-0.05, 0) is 42.3 Å². The molecule has 1 N–H and O–H groups in total. The second kappa shape index (κ2) is 6.13. The average Bonchev–Trinajstić information content (AvgIpc) is 3.06. The van der Waals surface area contributed by atoms with Crippen molar-refractivity contribution < 1.29 is 9.13 Å². The van der Waals surface area contributed by atoms with Gasteiger partial charge in [-0.3, -0.25) is 0 Å². The maximum Gasteiger partial charge on any atom is 0.124 e. The molecule has 1 atom stereocenters. The van der Waals surface area contributed by atoms with Crippen molar-refractivity contribution in [3.8, 4) is 5.75 Å². The van der Waals surface area contributed by atoms with Crippen LogP contribution >= 0.6 is 22.7 Å². The third-order valence-electron chi connectivity index (χ3n) is 3.35. The first-order chi connectivity index (χ1) is 10.2. The van der Waals surface area contributed by atoms with Crippen molar-refractivity contribution in [1.82, 2.24) is 5.32 Å². The minimum Gasteiger partial charge on any atom is -0.496 e. The normalized spacial score (nSPS) is 12.7. The monoisotopic (exact) mass is 321 g/mol. The van der Waals surface area contributed by atoms with Crippen LogP contribution in [-0.2, 0) is 0 Å². The minimum atomic E-state index is -0.243. The standard InChI is InChI=1S/C16H16FNOS2/c1-3-18-16(11-8-10(17)4-5-12(11)19-2)15-9-14-13(21-15)6-7-20-14/h4-9,16,18H,3H2,1-2H3. The number of halogens is 1. The van der Waals surface area contributed by atoms with Crippen molar-refractivity contribution >= 4 is 32.1 Å². The van der Waals surface area contributed by atoms with Gasteiger partial charge in [-0.1, -0.05) is 6.92 Å². The summed E-state index contributed by atoms with van der Waals surface area (Å²) in [4.78, 5) is 1.18. The molecular weight excluding hydrogens is 305 g/mol. The molecule has 3 aromatic rings. The van der Waals surface area contributed by atoms with Gasteiger partial charge in [0.25, 0.3) is 0 Å². The van der Waals surface area contributed by atoms with Crippen LogP contribution in [-0.4, -0.2) is 13.7 Å². The maximum absolute atomic E-state index is 13.7. The molecule has 0 fully saturated rings. The Bertz CT molecular complexity index is 721. The van der Waals surface area contributed by atoms with Crippen molar-refractivity contribution in [2.24, 2.45) is 0 Å². The molecule has 2 nitrogen and oxygen atoms in total. The van der Waals surface area contributed by atoms with Crippen molar-refractivity contribution in [3.05, 3.63) is 52.0 Å². The van der Waals surface area contributed by atoms with E-state index in [1.165, 1.54) is 20.3 Å². The molecule has 2 aromatic heterocycles. The molecule has 0 spiro atoms. The van der Waals surface area contributed by atoms with Gasteiger partial charge in [0.2, 0.25) is 0 Å². The quantitative estimate of drug-likeness (QED) is 0.728. The number of hydrogen-bond acceptors (Lipinski definition) is 4. The molecule has 0 saturated carbocycles. The molecule has 0 radical (unpaired) electrons. The topological polar surface area (TPSA) is 21.3 Å². The fraction of sp³-hybridized carbons (Fsp3) is 0.250. The lowest BCUT2D eigenvalue weighted by molar-refractivity contribution is 0.403. The number of rotatable bonds is 5. The Labute approximate surface area is 131 Å². The van der Waals surface area contributed by atoms with Crippen LogP contribution in [0.1, 0.15) is 23.4 Å². The zero-order valence-corrected chi connectivity index (χ0v) is 13.5. The van der Waals surface area contributed by atoms with E-state index in [1.54, 1.807) is 41.9 Å². The smallest absolute Gasteiger partial charge is 0.124 e. The summed E-state index contributed by atoms with van der Waals surface area (Å²) in [5.74, 6) is 0.464. The van der Waals surface area contributed by atoms with Gasteiger partial charge in [0, 0.05) is 19.8 Å².